The number of amides is 3. The minimum atomic E-state index is -1.21. The molecule has 0 spiro atoms. The number of nitrogens with one attached hydrogen (secondary N) is 2. The lowest BCUT2D eigenvalue weighted by Gasteiger charge is -2.21. The molecule has 3 aromatic rings. The highest BCUT2D eigenvalue weighted by Gasteiger charge is 2.20. The van der Waals surface area contributed by atoms with Crippen molar-refractivity contribution in [3.63, 3.8) is 0 Å². The Balaban J connectivity index is 1.45. The normalized spacial score (nSPS) is 12.6. The molecule has 0 atom stereocenters. The van der Waals surface area contributed by atoms with Gasteiger partial charge in [0.25, 0.3) is 5.91 Å². The van der Waals surface area contributed by atoms with Crippen LogP contribution in [0.25, 0.3) is 0 Å². The first-order chi connectivity index (χ1) is 15.8. The van der Waals surface area contributed by atoms with E-state index in [0.29, 0.717) is 11.5 Å². The van der Waals surface area contributed by atoms with Gasteiger partial charge >= 0.3 is 6.03 Å². The molecule has 0 radical (unpaired) electrons. The van der Waals surface area contributed by atoms with E-state index in [9.17, 15) is 18.4 Å². The maximum absolute atomic E-state index is 13.7. The van der Waals surface area contributed by atoms with Crippen LogP contribution < -0.4 is 15.4 Å². The van der Waals surface area contributed by atoms with Gasteiger partial charge in [0.2, 0.25) is 0 Å². The Labute approximate surface area is 198 Å². The van der Waals surface area contributed by atoms with Gasteiger partial charge in [0.05, 0.1) is 5.02 Å². The number of anilines is 1. The molecule has 2 N–H and O–H groups in total. The third-order valence-electron chi connectivity index (χ3n) is 5.26. The lowest BCUT2D eigenvalue weighted by atomic mass is 9.91. The highest BCUT2D eigenvalue weighted by Crippen LogP contribution is 2.39. The fourth-order valence-corrected chi connectivity index (χ4v) is 4.20. The number of hydrogen-bond acceptors (Lipinski definition) is 3. The van der Waals surface area contributed by atoms with Gasteiger partial charge < -0.3 is 10.1 Å². The van der Waals surface area contributed by atoms with Gasteiger partial charge in [0.1, 0.15) is 28.7 Å². The number of halogens is 4. The summed E-state index contributed by atoms with van der Waals surface area (Å²) in [5.41, 5.74) is 1.55. The van der Waals surface area contributed by atoms with E-state index in [0.717, 1.165) is 60.0 Å². The molecule has 5 nitrogen and oxygen atoms in total. The number of fused-ring (bicyclic) bond motifs is 1. The topological polar surface area (TPSA) is 67.4 Å². The number of carbonyl (C=O) groups is 2. The Hall–Kier alpha value is -3.16. The van der Waals surface area contributed by atoms with Crippen LogP contribution in [-0.4, -0.2) is 11.9 Å². The van der Waals surface area contributed by atoms with Crippen molar-refractivity contribution >= 4 is 40.8 Å². The van der Waals surface area contributed by atoms with Gasteiger partial charge in [0.15, 0.2) is 0 Å². The number of imide groups is 1. The molecule has 3 aromatic carbocycles. The first-order valence-corrected chi connectivity index (χ1v) is 10.9. The van der Waals surface area contributed by atoms with E-state index < -0.39 is 29.1 Å². The number of benzene rings is 3. The molecule has 4 rings (SSSR count). The molecule has 0 heterocycles. The van der Waals surface area contributed by atoms with Gasteiger partial charge in [-0.05, 0) is 79.3 Å². The van der Waals surface area contributed by atoms with E-state index >= 15 is 0 Å². The zero-order chi connectivity index (χ0) is 23.5. The van der Waals surface area contributed by atoms with Gasteiger partial charge in [-0.2, -0.15) is 0 Å². The van der Waals surface area contributed by atoms with Crippen molar-refractivity contribution in [3.8, 4) is 11.5 Å². The van der Waals surface area contributed by atoms with Crippen molar-refractivity contribution in [2.45, 2.75) is 25.7 Å². The number of urea groups is 1. The summed E-state index contributed by atoms with van der Waals surface area (Å²) >= 11 is 12.6. The molecule has 0 aliphatic heterocycles. The van der Waals surface area contributed by atoms with Crippen LogP contribution in [0.1, 0.15) is 34.3 Å². The average molecular weight is 491 g/mol. The monoisotopic (exact) mass is 490 g/mol. The predicted molar refractivity (Wildman–Crippen MR) is 122 cm³/mol. The van der Waals surface area contributed by atoms with Gasteiger partial charge in [0, 0.05) is 10.7 Å². The standard InChI is InChI=1S/C24H18Cl2F2N2O3/c25-16-9-11-20(15-5-2-1-4-14(15)16)33-21-10-8-13(12-17(21)26)29-24(32)30-23(31)22-18(27)6-3-7-19(22)28/h3,6-12H,1-2,4-5H2,(H2,29,30,31,32). The van der Waals surface area contributed by atoms with Gasteiger partial charge in [-0.1, -0.05) is 29.3 Å². The number of ether oxygens (including phenoxy) is 1. The zero-order valence-corrected chi connectivity index (χ0v) is 18.7. The number of carbonyl (C=O) groups excluding carboxylic acids is 2. The minimum Gasteiger partial charge on any atom is -0.456 e. The molecule has 9 heteroatoms. The van der Waals surface area contributed by atoms with Crippen LogP contribution in [0.15, 0.2) is 48.5 Å². The molecule has 0 saturated carbocycles. The van der Waals surface area contributed by atoms with E-state index in [4.69, 9.17) is 27.9 Å². The van der Waals surface area contributed by atoms with Gasteiger partial charge in [-0.3, -0.25) is 10.1 Å². The van der Waals surface area contributed by atoms with E-state index in [1.165, 1.54) is 12.1 Å². The average Bonchev–Trinajstić information content (AvgIpc) is 2.77. The smallest absolute Gasteiger partial charge is 0.326 e. The lowest BCUT2D eigenvalue weighted by molar-refractivity contribution is 0.0959. The molecular weight excluding hydrogens is 473 g/mol. The minimum absolute atomic E-state index is 0.221. The molecule has 0 saturated heterocycles. The van der Waals surface area contributed by atoms with E-state index in [1.54, 1.807) is 18.2 Å². The Kier molecular flexibility index (Phi) is 6.81. The van der Waals surface area contributed by atoms with E-state index in [1.807, 2.05) is 5.32 Å². The van der Waals surface area contributed by atoms with Crippen LogP contribution >= 0.6 is 23.2 Å². The van der Waals surface area contributed by atoms with Gasteiger partial charge in [-0.25, -0.2) is 13.6 Å². The third-order valence-corrected chi connectivity index (χ3v) is 5.91. The SMILES string of the molecule is O=C(NC(=O)c1c(F)cccc1F)Nc1ccc(Oc2ccc(Cl)c3c2CCCC3)c(Cl)c1. The molecule has 1 aliphatic carbocycles. The third kappa shape index (κ3) is 5.10. The molecule has 0 fully saturated rings. The summed E-state index contributed by atoms with van der Waals surface area (Å²) in [4.78, 5) is 24.2. The number of hydrogen-bond donors (Lipinski definition) is 2. The summed E-state index contributed by atoms with van der Waals surface area (Å²) in [6.45, 7) is 0. The maximum atomic E-state index is 13.7. The summed E-state index contributed by atoms with van der Waals surface area (Å²) in [5.74, 6) is -2.31. The summed E-state index contributed by atoms with van der Waals surface area (Å²) in [6, 6.07) is 10.1. The molecule has 33 heavy (non-hydrogen) atoms. The number of rotatable bonds is 4. The van der Waals surface area contributed by atoms with Crippen LogP contribution in [0.5, 0.6) is 11.5 Å². The molecule has 0 unspecified atom stereocenters. The van der Waals surface area contributed by atoms with Crippen molar-refractivity contribution in [3.05, 3.63) is 86.9 Å². The molecular formula is C24H18Cl2F2N2O3. The highest BCUT2D eigenvalue weighted by molar-refractivity contribution is 6.32. The van der Waals surface area contributed by atoms with E-state index in [2.05, 4.69) is 5.32 Å². The second-order valence-electron chi connectivity index (χ2n) is 7.46. The highest BCUT2D eigenvalue weighted by atomic mass is 35.5. The molecule has 0 bridgehead atoms. The van der Waals surface area contributed by atoms with Crippen molar-refractivity contribution in [2.75, 3.05) is 5.32 Å². The molecule has 0 aromatic heterocycles. The van der Waals surface area contributed by atoms with Crippen LogP contribution in [-0.2, 0) is 12.8 Å². The van der Waals surface area contributed by atoms with Crippen molar-refractivity contribution in [2.24, 2.45) is 0 Å². The zero-order valence-electron chi connectivity index (χ0n) is 17.2. The molecule has 1 aliphatic rings. The van der Waals surface area contributed by atoms with Gasteiger partial charge in [-0.15, -0.1) is 0 Å². The van der Waals surface area contributed by atoms with Crippen molar-refractivity contribution in [1.29, 1.82) is 0 Å². The maximum Gasteiger partial charge on any atom is 0.326 e. The van der Waals surface area contributed by atoms with E-state index in [-0.39, 0.29) is 10.7 Å². The predicted octanol–water partition coefficient (Wildman–Crippen LogP) is 6.90. The lowest BCUT2D eigenvalue weighted by Crippen LogP contribution is -2.35. The summed E-state index contributed by atoms with van der Waals surface area (Å²) in [5, 5.41) is 5.22. The first-order valence-electron chi connectivity index (χ1n) is 10.2. The largest absolute Gasteiger partial charge is 0.456 e. The van der Waals surface area contributed by atoms with Crippen LogP contribution in [0.2, 0.25) is 10.0 Å². The van der Waals surface area contributed by atoms with Crippen LogP contribution in [0.4, 0.5) is 19.3 Å². The second-order valence-corrected chi connectivity index (χ2v) is 8.28. The van der Waals surface area contributed by atoms with Crippen molar-refractivity contribution in [1.82, 2.24) is 5.32 Å². The first kappa shape index (κ1) is 23.0. The Morgan fingerprint density at radius 3 is 2.21 bits per heavy atom. The van der Waals surface area contributed by atoms with Crippen LogP contribution in [0.3, 0.4) is 0 Å². The van der Waals surface area contributed by atoms with Crippen LogP contribution in [0, 0.1) is 11.6 Å². The molecule has 3 amide bonds. The summed E-state index contributed by atoms with van der Waals surface area (Å²) < 4.78 is 33.4. The Morgan fingerprint density at radius 1 is 0.848 bits per heavy atom. The summed E-state index contributed by atoms with van der Waals surface area (Å²) in [6.07, 6.45) is 3.88. The Bertz CT molecular complexity index is 1230. The fourth-order valence-electron chi connectivity index (χ4n) is 3.71. The molecule has 170 valence electrons. The second kappa shape index (κ2) is 9.77. The summed E-state index contributed by atoms with van der Waals surface area (Å²) in [7, 11) is 0. The quantitative estimate of drug-likeness (QED) is 0.417. The van der Waals surface area contributed by atoms with Crippen molar-refractivity contribution < 1.29 is 23.1 Å². The fraction of sp³-hybridized carbons (Fsp3) is 0.167. The Morgan fingerprint density at radius 2 is 1.52 bits per heavy atom.